The van der Waals surface area contributed by atoms with Crippen LogP contribution >= 0.6 is 22.9 Å². The molecular weight excluding hydrogens is 260 g/mol. The van der Waals surface area contributed by atoms with E-state index in [1.54, 1.807) is 0 Å². The van der Waals surface area contributed by atoms with Gasteiger partial charge in [-0.05, 0) is 12.8 Å². The number of hydrogen-bond donors (Lipinski definition) is 1. The molecule has 94 valence electrons. The van der Waals surface area contributed by atoms with E-state index in [-0.39, 0.29) is 11.9 Å². The first-order valence-corrected chi connectivity index (χ1v) is 7.05. The van der Waals surface area contributed by atoms with Crippen LogP contribution in [0, 0.1) is 0 Å². The Hall–Kier alpha value is -0.650. The Kier molecular flexibility index (Phi) is 4.76. The molecule has 2 heterocycles. The smallest absolute Gasteiger partial charge is 0.227 e. The number of thiazole rings is 1. The lowest BCUT2D eigenvalue weighted by Gasteiger charge is -2.22. The molecule has 6 heteroatoms. The van der Waals surface area contributed by atoms with Crippen molar-refractivity contribution in [2.24, 2.45) is 0 Å². The summed E-state index contributed by atoms with van der Waals surface area (Å²) in [6.45, 7) is 1.43. The van der Waals surface area contributed by atoms with Gasteiger partial charge in [0.25, 0.3) is 0 Å². The van der Waals surface area contributed by atoms with Crippen LogP contribution < -0.4 is 5.32 Å². The number of hydrogen-bond acceptors (Lipinski definition) is 4. The Morgan fingerprint density at radius 2 is 2.59 bits per heavy atom. The molecule has 1 aromatic heterocycles. The minimum Gasteiger partial charge on any atom is -0.379 e. The lowest BCUT2D eigenvalue weighted by atomic mass is 10.1. The van der Waals surface area contributed by atoms with Crippen molar-refractivity contribution in [2.45, 2.75) is 31.2 Å². The second-order valence-electron chi connectivity index (χ2n) is 4.02. The quantitative estimate of drug-likeness (QED) is 0.851. The first-order valence-electron chi connectivity index (χ1n) is 5.64. The lowest BCUT2D eigenvalue weighted by molar-refractivity contribution is -0.122. The van der Waals surface area contributed by atoms with E-state index in [4.69, 9.17) is 16.3 Å². The van der Waals surface area contributed by atoms with Gasteiger partial charge in [-0.3, -0.25) is 4.79 Å². The van der Waals surface area contributed by atoms with Crippen molar-refractivity contribution in [1.82, 2.24) is 10.3 Å². The van der Waals surface area contributed by atoms with Crippen molar-refractivity contribution in [2.75, 3.05) is 13.2 Å². The van der Waals surface area contributed by atoms with Crippen LogP contribution in [0.15, 0.2) is 5.38 Å². The molecule has 1 saturated heterocycles. The first kappa shape index (κ1) is 12.8. The van der Waals surface area contributed by atoms with E-state index in [9.17, 15) is 4.79 Å². The van der Waals surface area contributed by atoms with Gasteiger partial charge in [0, 0.05) is 12.0 Å². The Labute approximate surface area is 109 Å². The summed E-state index contributed by atoms with van der Waals surface area (Å²) in [6.07, 6.45) is 2.34. The van der Waals surface area contributed by atoms with Crippen LogP contribution in [0.25, 0.3) is 0 Å². The highest BCUT2D eigenvalue weighted by Crippen LogP contribution is 2.12. The van der Waals surface area contributed by atoms with Crippen LogP contribution in [0.1, 0.15) is 23.5 Å². The number of rotatable bonds is 4. The van der Waals surface area contributed by atoms with Gasteiger partial charge in [-0.25, -0.2) is 4.98 Å². The van der Waals surface area contributed by atoms with E-state index in [2.05, 4.69) is 10.3 Å². The highest BCUT2D eigenvalue weighted by molar-refractivity contribution is 7.09. The maximum atomic E-state index is 11.7. The SMILES string of the molecule is O=C(Cc1nc(CCl)cs1)NC1CCCOC1. The molecule has 1 atom stereocenters. The van der Waals surface area contributed by atoms with Crippen LogP contribution in [-0.4, -0.2) is 30.1 Å². The van der Waals surface area contributed by atoms with Crippen molar-refractivity contribution in [1.29, 1.82) is 0 Å². The Bertz CT molecular complexity index is 377. The summed E-state index contributed by atoms with van der Waals surface area (Å²) < 4.78 is 5.31. The van der Waals surface area contributed by atoms with Crippen molar-refractivity contribution in [3.05, 3.63) is 16.1 Å². The van der Waals surface area contributed by atoms with E-state index < -0.39 is 0 Å². The first-order chi connectivity index (χ1) is 8.28. The van der Waals surface area contributed by atoms with Crippen molar-refractivity contribution >= 4 is 28.8 Å². The Morgan fingerprint density at radius 1 is 1.71 bits per heavy atom. The molecule has 1 amide bonds. The molecule has 0 aromatic carbocycles. The molecule has 1 fully saturated rings. The zero-order chi connectivity index (χ0) is 12.1. The lowest BCUT2D eigenvalue weighted by Crippen LogP contribution is -2.41. The standard InChI is InChI=1S/C11H15ClN2O2S/c12-5-9-7-17-11(14-9)4-10(15)13-8-2-1-3-16-6-8/h7-8H,1-6H2,(H,13,15). The molecule has 1 N–H and O–H groups in total. The fourth-order valence-corrected chi connectivity index (χ4v) is 2.78. The summed E-state index contributed by atoms with van der Waals surface area (Å²) in [6, 6.07) is 0.156. The zero-order valence-electron chi connectivity index (χ0n) is 9.45. The summed E-state index contributed by atoms with van der Waals surface area (Å²) in [7, 11) is 0. The molecule has 1 aromatic rings. The van der Waals surface area contributed by atoms with Crippen molar-refractivity contribution in [3.8, 4) is 0 Å². The minimum absolute atomic E-state index is 0.0102. The normalized spacial score (nSPS) is 20.2. The predicted molar refractivity (Wildman–Crippen MR) is 67.4 cm³/mol. The fraction of sp³-hybridized carbons (Fsp3) is 0.636. The molecule has 0 saturated carbocycles. The van der Waals surface area contributed by atoms with E-state index >= 15 is 0 Å². The molecule has 0 bridgehead atoms. The number of ether oxygens (including phenoxy) is 1. The number of nitrogens with zero attached hydrogens (tertiary/aromatic N) is 1. The van der Waals surface area contributed by atoms with Gasteiger partial charge in [0.05, 0.1) is 30.6 Å². The second-order valence-corrected chi connectivity index (χ2v) is 5.23. The van der Waals surface area contributed by atoms with E-state index in [0.29, 0.717) is 18.9 Å². The molecule has 1 aliphatic heterocycles. The van der Waals surface area contributed by atoms with Crippen molar-refractivity contribution < 1.29 is 9.53 Å². The molecule has 2 rings (SSSR count). The zero-order valence-corrected chi connectivity index (χ0v) is 11.0. The van der Waals surface area contributed by atoms with Gasteiger partial charge in [-0.2, -0.15) is 0 Å². The molecule has 1 unspecified atom stereocenters. The predicted octanol–water partition coefficient (Wildman–Crippen LogP) is 1.72. The average molecular weight is 275 g/mol. The van der Waals surface area contributed by atoms with Gasteiger partial charge in [-0.1, -0.05) is 0 Å². The highest BCUT2D eigenvalue weighted by Gasteiger charge is 2.17. The van der Waals surface area contributed by atoms with E-state index in [1.165, 1.54) is 11.3 Å². The summed E-state index contributed by atoms with van der Waals surface area (Å²) >= 11 is 7.14. The highest BCUT2D eigenvalue weighted by atomic mass is 35.5. The van der Waals surface area contributed by atoms with E-state index in [1.807, 2.05) is 5.38 Å². The summed E-state index contributed by atoms with van der Waals surface area (Å²) in [5.74, 6) is 0.408. The molecule has 0 radical (unpaired) electrons. The Morgan fingerprint density at radius 3 is 3.24 bits per heavy atom. The molecule has 0 spiro atoms. The largest absolute Gasteiger partial charge is 0.379 e. The molecule has 1 aliphatic rings. The van der Waals surface area contributed by atoms with Crippen LogP contribution in [0.2, 0.25) is 0 Å². The van der Waals surface area contributed by atoms with Crippen LogP contribution in [0.3, 0.4) is 0 Å². The topological polar surface area (TPSA) is 51.2 Å². The number of carbonyl (C=O) groups is 1. The number of halogens is 1. The molecule has 0 aliphatic carbocycles. The van der Waals surface area contributed by atoms with Crippen LogP contribution in [0.4, 0.5) is 0 Å². The monoisotopic (exact) mass is 274 g/mol. The maximum Gasteiger partial charge on any atom is 0.227 e. The van der Waals surface area contributed by atoms with Crippen LogP contribution in [-0.2, 0) is 21.8 Å². The van der Waals surface area contributed by atoms with Gasteiger partial charge in [-0.15, -0.1) is 22.9 Å². The van der Waals surface area contributed by atoms with Crippen LogP contribution in [0.5, 0.6) is 0 Å². The van der Waals surface area contributed by atoms with Gasteiger partial charge >= 0.3 is 0 Å². The summed E-state index contributed by atoms with van der Waals surface area (Å²) in [5, 5.41) is 5.67. The minimum atomic E-state index is 0.0102. The molecule has 17 heavy (non-hydrogen) atoms. The number of aromatic nitrogens is 1. The fourth-order valence-electron chi connectivity index (χ4n) is 1.76. The number of carbonyl (C=O) groups excluding carboxylic acids is 1. The van der Waals surface area contributed by atoms with E-state index in [0.717, 1.165) is 30.2 Å². The van der Waals surface area contributed by atoms with Gasteiger partial charge in [0.1, 0.15) is 5.01 Å². The third-order valence-corrected chi connectivity index (χ3v) is 3.74. The average Bonchev–Trinajstić information content (AvgIpc) is 2.78. The Balaban J connectivity index is 1.79. The molecular formula is C11H15ClN2O2S. The number of nitrogens with one attached hydrogen (secondary N) is 1. The third kappa shape index (κ3) is 3.94. The van der Waals surface area contributed by atoms with Crippen molar-refractivity contribution in [3.63, 3.8) is 0 Å². The van der Waals surface area contributed by atoms with Gasteiger partial charge < -0.3 is 10.1 Å². The summed E-state index contributed by atoms with van der Waals surface area (Å²) in [4.78, 5) is 16.0. The van der Waals surface area contributed by atoms with Gasteiger partial charge in [0.15, 0.2) is 0 Å². The maximum absolute atomic E-state index is 11.7. The number of amides is 1. The molecule has 4 nitrogen and oxygen atoms in total. The van der Waals surface area contributed by atoms with Gasteiger partial charge in [0.2, 0.25) is 5.91 Å². The third-order valence-electron chi connectivity index (χ3n) is 2.57. The second kappa shape index (κ2) is 6.33. The summed E-state index contributed by atoms with van der Waals surface area (Å²) in [5.41, 5.74) is 0.834. The number of alkyl halides is 1.